The Morgan fingerprint density at radius 3 is 2.72 bits per heavy atom. The van der Waals surface area contributed by atoms with Gasteiger partial charge in [0.15, 0.2) is 17.4 Å². The Hall–Kier alpha value is -2.65. The normalized spacial score (nSPS) is 10.3. The number of anilines is 1. The van der Waals surface area contributed by atoms with Crippen LogP contribution in [0.1, 0.15) is 10.5 Å². The van der Waals surface area contributed by atoms with Crippen LogP contribution in [0.25, 0.3) is 11.3 Å². The Labute approximate surface area is 155 Å². The van der Waals surface area contributed by atoms with Crippen molar-refractivity contribution in [1.29, 1.82) is 0 Å². The van der Waals surface area contributed by atoms with Gasteiger partial charge in [0, 0.05) is 27.8 Å². The number of hydrogen-bond donors (Lipinski definition) is 1. The van der Waals surface area contributed by atoms with E-state index in [1.54, 1.807) is 0 Å². The van der Waals surface area contributed by atoms with Crippen LogP contribution in [0.3, 0.4) is 0 Å². The smallest absolute Gasteiger partial charge is 0.359 e. The number of carbonyl (C=O) groups is 2. The highest BCUT2D eigenvalue weighted by molar-refractivity contribution is 9.10. The van der Waals surface area contributed by atoms with Crippen molar-refractivity contribution in [2.24, 2.45) is 0 Å². The number of thiazole rings is 1. The first-order valence-corrected chi connectivity index (χ1v) is 8.73. The molecule has 0 saturated carbocycles. The number of esters is 1. The fourth-order valence-electron chi connectivity index (χ4n) is 1.85. The summed E-state index contributed by atoms with van der Waals surface area (Å²) >= 11 is 4.67. The molecule has 7 nitrogen and oxygen atoms in total. The lowest BCUT2D eigenvalue weighted by atomic mass is 10.2. The number of amides is 1. The second kappa shape index (κ2) is 7.95. The Balaban J connectivity index is 1.55. The van der Waals surface area contributed by atoms with Crippen molar-refractivity contribution in [3.63, 3.8) is 0 Å². The molecule has 2 heterocycles. The van der Waals surface area contributed by atoms with E-state index in [1.807, 2.05) is 29.6 Å². The van der Waals surface area contributed by atoms with Crippen LogP contribution >= 0.6 is 27.3 Å². The fraction of sp³-hybridized carbons (Fsp3) is 0.0625. The number of rotatable bonds is 5. The van der Waals surface area contributed by atoms with E-state index >= 15 is 0 Å². The summed E-state index contributed by atoms with van der Waals surface area (Å²) in [6, 6.07) is 7.68. The molecule has 0 saturated heterocycles. The minimum absolute atomic E-state index is 0.0436. The number of ether oxygens (including phenoxy) is 1. The predicted molar refractivity (Wildman–Crippen MR) is 96.2 cm³/mol. The molecule has 0 fully saturated rings. The van der Waals surface area contributed by atoms with Gasteiger partial charge in [0.25, 0.3) is 5.91 Å². The number of hydrogen-bond acceptors (Lipinski definition) is 7. The van der Waals surface area contributed by atoms with Crippen LogP contribution in [-0.2, 0) is 9.53 Å². The van der Waals surface area contributed by atoms with E-state index in [4.69, 9.17) is 4.74 Å². The lowest BCUT2D eigenvalue weighted by Crippen LogP contribution is -2.21. The molecule has 3 aromatic rings. The van der Waals surface area contributed by atoms with Crippen molar-refractivity contribution in [2.45, 2.75) is 0 Å². The number of nitrogens with one attached hydrogen (secondary N) is 1. The van der Waals surface area contributed by atoms with Gasteiger partial charge in [0.2, 0.25) is 0 Å². The van der Waals surface area contributed by atoms with Crippen LogP contribution in [0.5, 0.6) is 0 Å². The van der Waals surface area contributed by atoms with E-state index in [1.165, 1.54) is 29.9 Å². The number of carbonyl (C=O) groups excluding carboxylic acids is 2. The highest BCUT2D eigenvalue weighted by atomic mass is 79.9. The van der Waals surface area contributed by atoms with Crippen LogP contribution in [0.15, 0.2) is 52.7 Å². The van der Waals surface area contributed by atoms with E-state index < -0.39 is 18.5 Å². The molecule has 9 heteroatoms. The maximum Gasteiger partial charge on any atom is 0.359 e. The third-order valence-electron chi connectivity index (χ3n) is 3.00. The van der Waals surface area contributed by atoms with E-state index in [0.29, 0.717) is 5.13 Å². The van der Waals surface area contributed by atoms with Crippen molar-refractivity contribution < 1.29 is 14.3 Å². The number of nitrogens with zero attached hydrogens (tertiary/aromatic N) is 3. The van der Waals surface area contributed by atoms with Crippen LogP contribution in [-0.4, -0.2) is 33.4 Å². The second-order valence-electron chi connectivity index (χ2n) is 4.76. The van der Waals surface area contributed by atoms with E-state index in [-0.39, 0.29) is 5.69 Å². The third-order valence-corrected chi connectivity index (χ3v) is 4.28. The first kappa shape index (κ1) is 17.2. The molecule has 25 heavy (non-hydrogen) atoms. The second-order valence-corrected chi connectivity index (χ2v) is 6.53. The summed E-state index contributed by atoms with van der Waals surface area (Å²) < 4.78 is 5.86. The minimum Gasteiger partial charge on any atom is -0.451 e. The monoisotopic (exact) mass is 418 g/mol. The number of aromatic nitrogens is 3. The average Bonchev–Trinajstić information content (AvgIpc) is 3.09. The Morgan fingerprint density at radius 2 is 2.00 bits per heavy atom. The first-order chi connectivity index (χ1) is 12.1. The summed E-state index contributed by atoms with van der Waals surface area (Å²) in [4.78, 5) is 35.5. The fourth-order valence-corrected chi connectivity index (χ4v) is 2.85. The summed E-state index contributed by atoms with van der Waals surface area (Å²) in [5.41, 5.74) is 1.74. The van der Waals surface area contributed by atoms with E-state index in [2.05, 4.69) is 36.2 Å². The highest BCUT2D eigenvalue weighted by Crippen LogP contribution is 2.26. The van der Waals surface area contributed by atoms with Gasteiger partial charge in [-0.3, -0.25) is 15.1 Å². The van der Waals surface area contributed by atoms with E-state index in [0.717, 1.165) is 15.7 Å². The predicted octanol–water partition coefficient (Wildman–Crippen LogP) is 3.16. The molecule has 0 aliphatic rings. The minimum atomic E-state index is -0.710. The van der Waals surface area contributed by atoms with E-state index in [9.17, 15) is 9.59 Å². The summed E-state index contributed by atoms with van der Waals surface area (Å²) in [5, 5.41) is 4.86. The standard InChI is InChI=1S/C16H11BrN4O3S/c17-11-3-1-10(2-4-11)13-9-25-16(20-13)21-14(22)8-24-15(23)12-7-18-5-6-19-12/h1-7,9H,8H2,(H,20,21,22). The molecule has 3 rings (SSSR count). The topological polar surface area (TPSA) is 94.1 Å². The molecule has 0 aliphatic carbocycles. The molecule has 0 radical (unpaired) electrons. The molecule has 1 amide bonds. The van der Waals surface area contributed by atoms with Gasteiger partial charge in [-0.15, -0.1) is 11.3 Å². The van der Waals surface area contributed by atoms with Crippen molar-refractivity contribution >= 4 is 44.3 Å². The average molecular weight is 419 g/mol. The van der Waals surface area contributed by atoms with Crippen LogP contribution in [0, 0.1) is 0 Å². The Bertz CT molecular complexity index is 884. The maximum absolute atomic E-state index is 11.9. The third kappa shape index (κ3) is 4.68. The molecule has 1 N–H and O–H groups in total. The number of benzene rings is 1. The molecule has 0 unspecified atom stereocenters. The molecule has 2 aromatic heterocycles. The first-order valence-electron chi connectivity index (χ1n) is 7.06. The zero-order chi connectivity index (χ0) is 17.6. The van der Waals surface area contributed by atoms with Gasteiger partial charge in [0.05, 0.1) is 11.9 Å². The zero-order valence-corrected chi connectivity index (χ0v) is 15.1. The molecule has 0 atom stereocenters. The van der Waals surface area contributed by atoms with Crippen LogP contribution in [0.4, 0.5) is 5.13 Å². The molecule has 0 bridgehead atoms. The van der Waals surface area contributed by atoms with Gasteiger partial charge in [-0.05, 0) is 12.1 Å². The molecular formula is C16H11BrN4O3S. The molecule has 0 aliphatic heterocycles. The summed E-state index contributed by atoms with van der Waals surface area (Å²) in [6.07, 6.45) is 4.08. The molecule has 126 valence electrons. The zero-order valence-electron chi connectivity index (χ0n) is 12.7. The summed E-state index contributed by atoms with van der Waals surface area (Å²) in [7, 11) is 0. The van der Waals surface area contributed by atoms with Crippen molar-refractivity contribution in [3.05, 3.63) is 58.4 Å². The van der Waals surface area contributed by atoms with Crippen molar-refractivity contribution in [1.82, 2.24) is 15.0 Å². The number of halogens is 1. The van der Waals surface area contributed by atoms with Gasteiger partial charge in [-0.25, -0.2) is 14.8 Å². The highest BCUT2D eigenvalue weighted by Gasteiger charge is 2.13. The van der Waals surface area contributed by atoms with Crippen LogP contribution < -0.4 is 5.32 Å². The van der Waals surface area contributed by atoms with Gasteiger partial charge in [-0.1, -0.05) is 28.1 Å². The van der Waals surface area contributed by atoms with Crippen LogP contribution in [0.2, 0.25) is 0 Å². The quantitative estimate of drug-likeness (QED) is 0.639. The molecule has 0 spiro atoms. The lowest BCUT2D eigenvalue weighted by molar-refractivity contribution is -0.119. The largest absolute Gasteiger partial charge is 0.451 e. The molecule has 1 aromatic carbocycles. The summed E-state index contributed by atoms with van der Waals surface area (Å²) in [5.74, 6) is -1.19. The summed E-state index contributed by atoms with van der Waals surface area (Å²) in [6.45, 7) is -0.428. The van der Waals surface area contributed by atoms with Gasteiger partial charge >= 0.3 is 5.97 Å². The Morgan fingerprint density at radius 1 is 1.20 bits per heavy atom. The van der Waals surface area contributed by atoms with Gasteiger partial charge < -0.3 is 4.74 Å². The van der Waals surface area contributed by atoms with Crippen molar-refractivity contribution in [2.75, 3.05) is 11.9 Å². The maximum atomic E-state index is 11.9. The molecular weight excluding hydrogens is 408 g/mol. The Kier molecular flexibility index (Phi) is 5.46. The van der Waals surface area contributed by atoms with Gasteiger partial charge in [-0.2, -0.15) is 0 Å². The lowest BCUT2D eigenvalue weighted by Gasteiger charge is -2.03. The van der Waals surface area contributed by atoms with Gasteiger partial charge in [0.1, 0.15) is 0 Å². The van der Waals surface area contributed by atoms with Crippen molar-refractivity contribution in [3.8, 4) is 11.3 Å². The SMILES string of the molecule is O=C(COC(=O)c1cnccn1)Nc1nc(-c2ccc(Br)cc2)cs1.